The molecule has 0 aliphatic carbocycles. The molecule has 6 aromatic carbocycles. The minimum absolute atomic E-state index is 0. The van der Waals surface area contributed by atoms with E-state index in [2.05, 4.69) is 39.0 Å². The zero-order valence-corrected chi connectivity index (χ0v) is 32.2. The largest absolute Gasteiger partial charge is 0.507 e. The summed E-state index contributed by atoms with van der Waals surface area (Å²) in [4.78, 5) is 9.96. The zero-order chi connectivity index (χ0) is 44.4. The molecule has 0 amide bonds. The number of aromatic nitrogens is 3. The van der Waals surface area contributed by atoms with Crippen molar-refractivity contribution in [2.75, 3.05) is 0 Å². The SMILES string of the molecule is [2H]C([2H])([2H])c1ccc(-c2ccnc(-c3[c-]c(-c4cccc5c4nc(-c4ccccc4O)n5-c4cc(-c5ccccc5)c(C([2H])([2H])[2H])c(C([2H])([2H])[2H])c4)cc(C(C)(C)C)c3)c2)cc1.[Pt]. The zero-order valence-electron chi connectivity index (χ0n) is 38.9. The molecule has 0 unspecified atom stereocenters. The van der Waals surface area contributed by atoms with Gasteiger partial charge in [0.1, 0.15) is 11.6 Å². The van der Waals surface area contributed by atoms with Crippen LogP contribution in [-0.2, 0) is 26.5 Å². The molecule has 54 heavy (non-hydrogen) atoms. The van der Waals surface area contributed by atoms with Crippen LogP contribution in [0.4, 0.5) is 0 Å². The van der Waals surface area contributed by atoms with Gasteiger partial charge in [0.2, 0.25) is 0 Å². The molecule has 0 fully saturated rings. The third-order valence-electron chi connectivity index (χ3n) is 9.58. The molecule has 0 radical (unpaired) electrons. The number of para-hydroxylation sites is 2. The number of hydrogen-bond acceptors (Lipinski definition) is 3. The second kappa shape index (κ2) is 14.7. The maximum Gasteiger partial charge on any atom is 0.148 e. The van der Waals surface area contributed by atoms with Gasteiger partial charge in [0.25, 0.3) is 0 Å². The predicted molar refractivity (Wildman–Crippen MR) is 219 cm³/mol. The maximum atomic E-state index is 11.3. The average Bonchev–Trinajstić information content (AvgIpc) is 3.62. The molecule has 0 saturated carbocycles. The van der Waals surface area contributed by atoms with Gasteiger partial charge in [-0.2, -0.15) is 0 Å². The van der Waals surface area contributed by atoms with E-state index in [-0.39, 0.29) is 54.5 Å². The fraction of sp³-hybridized carbons (Fsp3) is 0.143. The molecular formula is C49H42N3OPt-. The van der Waals surface area contributed by atoms with Crippen LogP contribution in [0.2, 0.25) is 0 Å². The second-order valence-corrected chi connectivity index (χ2v) is 14.2. The van der Waals surface area contributed by atoms with Crippen LogP contribution < -0.4 is 0 Å². The minimum atomic E-state index is -2.80. The van der Waals surface area contributed by atoms with Gasteiger partial charge in [-0.3, -0.25) is 9.55 Å². The Hall–Kier alpha value is -5.57. The molecule has 0 aliphatic rings. The maximum absolute atomic E-state index is 11.3. The van der Waals surface area contributed by atoms with Crippen molar-refractivity contribution in [3.05, 3.63) is 168 Å². The van der Waals surface area contributed by atoms with Crippen molar-refractivity contribution in [3.63, 3.8) is 0 Å². The molecule has 0 atom stereocenters. The number of fused-ring (bicyclic) bond motifs is 1. The van der Waals surface area contributed by atoms with Gasteiger partial charge in [0.05, 0.1) is 16.6 Å². The molecule has 2 aromatic heterocycles. The number of hydrogen-bond donors (Lipinski definition) is 1. The first-order chi connectivity index (χ1) is 29.2. The van der Waals surface area contributed by atoms with Gasteiger partial charge in [-0.15, -0.1) is 29.3 Å². The molecule has 0 bridgehead atoms. The molecule has 0 saturated heterocycles. The van der Waals surface area contributed by atoms with Crippen LogP contribution >= 0.6 is 0 Å². The predicted octanol–water partition coefficient (Wildman–Crippen LogP) is 12.5. The van der Waals surface area contributed by atoms with Gasteiger partial charge in [-0.05, 0) is 95.7 Å². The van der Waals surface area contributed by atoms with Crippen molar-refractivity contribution in [2.45, 2.75) is 46.7 Å². The van der Waals surface area contributed by atoms with E-state index in [1.54, 1.807) is 95.7 Å². The summed E-state index contributed by atoms with van der Waals surface area (Å²) in [6.07, 6.45) is 1.72. The second-order valence-electron chi connectivity index (χ2n) is 14.2. The van der Waals surface area contributed by atoms with Crippen LogP contribution in [0, 0.1) is 26.6 Å². The van der Waals surface area contributed by atoms with E-state index in [9.17, 15) is 5.11 Å². The summed E-state index contributed by atoms with van der Waals surface area (Å²) in [6.45, 7) is -1.42. The Morgan fingerprint density at radius 3 is 2.17 bits per heavy atom. The number of nitrogens with zero attached hydrogens (tertiary/aromatic N) is 3. The van der Waals surface area contributed by atoms with E-state index in [1.807, 2.05) is 30.3 Å². The molecule has 270 valence electrons. The topological polar surface area (TPSA) is 50.9 Å². The number of rotatable bonds is 6. The van der Waals surface area contributed by atoms with Crippen molar-refractivity contribution in [1.82, 2.24) is 14.5 Å². The van der Waals surface area contributed by atoms with E-state index in [0.717, 1.165) is 22.3 Å². The van der Waals surface area contributed by atoms with E-state index in [1.165, 1.54) is 6.07 Å². The fourth-order valence-electron chi connectivity index (χ4n) is 6.73. The van der Waals surface area contributed by atoms with Gasteiger partial charge in [-0.25, -0.2) is 4.98 Å². The summed E-state index contributed by atoms with van der Waals surface area (Å²) in [5.74, 6) is 0.264. The van der Waals surface area contributed by atoms with E-state index < -0.39 is 20.6 Å². The Labute approximate surface area is 345 Å². The molecule has 8 aromatic rings. The molecule has 4 nitrogen and oxygen atoms in total. The van der Waals surface area contributed by atoms with Crippen LogP contribution in [0.5, 0.6) is 5.75 Å². The van der Waals surface area contributed by atoms with Crippen molar-refractivity contribution in [2.24, 2.45) is 0 Å². The van der Waals surface area contributed by atoms with Crippen LogP contribution in [0.3, 0.4) is 0 Å². The molecular weight excluding hydrogens is 842 g/mol. The Morgan fingerprint density at radius 1 is 0.667 bits per heavy atom. The van der Waals surface area contributed by atoms with E-state index in [0.29, 0.717) is 50.5 Å². The summed E-state index contributed by atoms with van der Waals surface area (Å²) < 4.78 is 76.4. The van der Waals surface area contributed by atoms with Crippen LogP contribution in [0.1, 0.15) is 55.4 Å². The number of imidazole rings is 1. The Bertz CT molecular complexity index is 2970. The van der Waals surface area contributed by atoms with Crippen LogP contribution in [-0.4, -0.2) is 19.6 Å². The van der Waals surface area contributed by atoms with Crippen molar-refractivity contribution >= 4 is 11.0 Å². The third kappa shape index (κ3) is 6.95. The van der Waals surface area contributed by atoms with Crippen molar-refractivity contribution in [1.29, 1.82) is 0 Å². The number of aromatic hydroxyl groups is 1. The first-order valence-corrected chi connectivity index (χ1v) is 17.4. The first-order valence-electron chi connectivity index (χ1n) is 21.9. The number of benzene rings is 6. The summed E-state index contributed by atoms with van der Waals surface area (Å²) in [5, 5.41) is 11.3. The van der Waals surface area contributed by atoms with Crippen molar-refractivity contribution < 1.29 is 38.5 Å². The number of pyridine rings is 1. The monoisotopic (exact) mass is 892 g/mol. The van der Waals surface area contributed by atoms with E-state index in [4.69, 9.17) is 22.3 Å². The minimum Gasteiger partial charge on any atom is -0.507 e. The summed E-state index contributed by atoms with van der Waals surface area (Å²) in [7, 11) is 0. The van der Waals surface area contributed by atoms with E-state index >= 15 is 0 Å². The van der Waals surface area contributed by atoms with Gasteiger partial charge < -0.3 is 5.11 Å². The Kier molecular flexibility index (Phi) is 7.37. The number of phenols is 1. The molecule has 8 rings (SSSR count). The summed E-state index contributed by atoms with van der Waals surface area (Å²) in [6, 6.07) is 42.8. The Balaban J connectivity index is 0.00000595. The van der Waals surface area contributed by atoms with Gasteiger partial charge in [0, 0.05) is 51.0 Å². The standard InChI is InChI=1S/C49H42N3O.Pt/c1-31-19-21-34(22-20-31)36-23-24-50-44(29-36)38-26-37(27-39(28-38)49(4,5)6)41-16-12-17-45-47(41)51-48(42-15-10-11-18-46(42)53)52(45)40-25-32(2)33(3)43(30-40)35-13-8-7-9-14-35;/h7-25,27-30,53H,1-6H3;/q-1;/i1D3,2D3,3D3;. The van der Waals surface area contributed by atoms with Crippen LogP contribution in [0.25, 0.3) is 72.7 Å². The fourth-order valence-corrected chi connectivity index (χ4v) is 6.73. The smallest absolute Gasteiger partial charge is 0.148 e. The Morgan fingerprint density at radius 2 is 1.43 bits per heavy atom. The van der Waals surface area contributed by atoms with Crippen molar-refractivity contribution in [3.8, 4) is 67.5 Å². The number of aryl methyl sites for hydroxylation is 2. The quantitative estimate of drug-likeness (QED) is 0.169. The average molecular weight is 893 g/mol. The first kappa shape index (κ1) is 27.1. The third-order valence-corrected chi connectivity index (χ3v) is 9.58. The van der Waals surface area contributed by atoms with Gasteiger partial charge >= 0.3 is 0 Å². The molecule has 2 heterocycles. The van der Waals surface area contributed by atoms with Crippen LogP contribution in [0.15, 0.2) is 140 Å². The number of phenolic OH excluding ortho intramolecular Hbond substituents is 1. The molecule has 0 aliphatic heterocycles. The summed E-state index contributed by atoms with van der Waals surface area (Å²) in [5.41, 5.74) is 7.50. The normalized spacial score (nSPS) is 14.6. The molecule has 1 N–H and O–H groups in total. The molecule has 0 spiro atoms. The van der Waals surface area contributed by atoms with Gasteiger partial charge in [0.15, 0.2) is 0 Å². The molecule has 5 heteroatoms. The van der Waals surface area contributed by atoms with Gasteiger partial charge in [-0.1, -0.05) is 122 Å². The summed E-state index contributed by atoms with van der Waals surface area (Å²) >= 11 is 0.